The Labute approximate surface area is 149 Å². The lowest BCUT2D eigenvalue weighted by atomic mass is 9.92. The van der Waals surface area contributed by atoms with Crippen molar-refractivity contribution in [3.63, 3.8) is 0 Å². The van der Waals surface area contributed by atoms with Gasteiger partial charge in [-0.2, -0.15) is 0 Å². The molecule has 0 amide bonds. The summed E-state index contributed by atoms with van der Waals surface area (Å²) < 4.78 is 7.30. The van der Waals surface area contributed by atoms with Crippen LogP contribution in [0, 0.1) is 0 Å². The third-order valence-electron chi connectivity index (χ3n) is 4.62. The van der Waals surface area contributed by atoms with Gasteiger partial charge in [0.15, 0.2) is 0 Å². The molecule has 1 aromatic heterocycles. The molecule has 0 spiro atoms. The van der Waals surface area contributed by atoms with Crippen molar-refractivity contribution in [3.8, 4) is 11.1 Å². The molecule has 25 heavy (non-hydrogen) atoms. The second-order valence-corrected chi connectivity index (χ2v) is 6.79. The Morgan fingerprint density at radius 3 is 2.64 bits per heavy atom. The molecule has 0 saturated heterocycles. The van der Waals surface area contributed by atoms with Crippen molar-refractivity contribution in [1.82, 2.24) is 4.57 Å². The van der Waals surface area contributed by atoms with Gasteiger partial charge in [0.25, 0.3) is 0 Å². The maximum absolute atomic E-state index is 10.3. The van der Waals surface area contributed by atoms with Crippen LogP contribution in [0.3, 0.4) is 0 Å². The fraction of sp³-hybridized carbons (Fsp3) is 0.364. The Hall–Kier alpha value is -2.10. The summed E-state index contributed by atoms with van der Waals surface area (Å²) >= 11 is 0. The minimum Gasteiger partial charge on any atom is -0.351 e. The molecule has 3 heteroatoms. The van der Waals surface area contributed by atoms with E-state index in [4.69, 9.17) is 4.74 Å². The molecule has 0 aliphatic carbocycles. The quantitative estimate of drug-likeness (QED) is 0.443. The molecule has 0 radical (unpaired) electrons. The van der Waals surface area contributed by atoms with Gasteiger partial charge >= 0.3 is 0 Å². The topological polar surface area (TPSA) is 34.4 Å². The number of hydrogen-bond acceptors (Lipinski definition) is 2. The van der Waals surface area contributed by atoms with Crippen molar-refractivity contribution >= 4 is 10.9 Å². The standard InChI is InChI=1S/C22H27NO2/c1-4-5-14-25-22(24)23-13-12-18-15-17(10-11-21(18)23)20-9-7-6-8-19(20)16(2)3/h6-13,15-16,22,24H,4-5,14H2,1-3H3. The Balaban J connectivity index is 1.92. The lowest BCUT2D eigenvalue weighted by Crippen LogP contribution is -2.11. The Morgan fingerprint density at radius 2 is 1.88 bits per heavy atom. The highest BCUT2D eigenvalue weighted by molar-refractivity contribution is 5.86. The van der Waals surface area contributed by atoms with Crippen LogP contribution in [0.25, 0.3) is 22.0 Å². The van der Waals surface area contributed by atoms with Crippen molar-refractivity contribution in [3.05, 3.63) is 60.3 Å². The van der Waals surface area contributed by atoms with Crippen molar-refractivity contribution in [1.29, 1.82) is 0 Å². The summed E-state index contributed by atoms with van der Waals surface area (Å²) in [4.78, 5) is 0. The van der Waals surface area contributed by atoms with Crippen molar-refractivity contribution in [2.45, 2.75) is 45.9 Å². The molecule has 1 atom stereocenters. The van der Waals surface area contributed by atoms with Gasteiger partial charge in [-0.05, 0) is 47.2 Å². The summed E-state index contributed by atoms with van der Waals surface area (Å²) in [6.45, 7) is 7.12. The van der Waals surface area contributed by atoms with Gasteiger partial charge in [0.2, 0.25) is 6.41 Å². The number of hydrogen-bond donors (Lipinski definition) is 1. The number of aliphatic hydroxyl groups excluding tert-OH is 1. The lowest BCUT2D eigenvalue weighted by Gasteiger charge is -2.15. The Kier molecular flexibility index (Phi) is 5.57. The first-order valence-corrected chi connectivity index (χ1v) is 9.11. The average Bonchev–Trinajstić information content (AvgIpc) is 3.05. The molecule has 0 saturated carbocycles. The second kappa shape index (κ2) is 7.85. The number of ether oxygens (including phenoxy) is 1. The first-order chi connectivity index (χ1) is 12.1. The molecule has 132 valence electrons. The fourth-order valence-corrected chi connectivity index (χ4v) is 3.20. The van der Waals surface area contributed by atoms with E-state index in [2.05, 4.69) is 63.2 Å². The second-order valence-electron chi connectivity index (χ2n) is 6.79. The number of aliphatic hydroxyl groups is 1. The first kappa shape index (κ1) is 17.7. The zero-order chi connectivity index (χ0) is 17.8. The molecule has 0 fully saturated rings. The zero-order valence-electron chi connectivity index (χ0n) is 15.3. The molecule has 1 unspecified atom stereocenters. The molecule has 3 nitrogen and oxygen atoms in total. The third-order valence-corrected chi connectivity index (χ3v) is 4.62. The molecule has 1 N–H and O–H groups in total. The van der Waals surface area contributed by atoms with Crippen LogP contribution >= 0.6 is 0 Å². The van der Waals surface area contributed by atoms with Crippen LogP contribution < -0.4 is 0 Å². The SMILES string of the molecule is CCCCOC(O)n1ccc2cc(-c3ccccc3C(C)C)ccc21. The molecular weight excluding hydrogens is 310 g/mol. The summed E-state index contributed by atoms with van der Waals surface area (Å²) in [6, 6.07) is 17.0. The highest BCUT2D eigenvalue weighted by Gasteiger charge is 2.12. The van der Waals surface area contributed by atoms with Crippen molar-refractivity contribution in [2.24, 2.45) is 0 Å². The van der Waals surface area contributed by atoms with Gasteiger partial charge in [-0.3, -0.25) is 4.57 Å². The number of fused-ring (bicyclic) bond motifs is 1. The Bertz CT molecular complexity index is 835. The normalized spacial score (nSPS) is 12.8. The molecule has 0 aliphatic heterocycles. The predicted octanol–water partition coefficient (Wildman–Crippen LogP) is 5.70. The van der Waals surface area contributed by atoms with Gasteiger partial charge in [0.1, 0.15) is 0 Å². The van der Waals surface area contributed by atoms with E-state index in [1.165, 1.54) is 16.7 Å². The monoisotopic (exact) mass is 337 g/mol. The smallest absolute Gasteiger partial charge is 0.241 e. The van der Waals surface area contributed by atoms with Gasteiger partial charge < -0.3 is 9.84 Å². The molecule has 0 bridgehead atoms. The van der Waals surface area contributed by atoms with E-state index < -0.39 is 6.41 Å². The van der Waals surface area contributed by atoms with Gasteiger partial charge in [-0.15, -0.1) is 0 Å². The van der Waals surface area contributed by atoms with E-state index >= 15 is 0 Å². The first-order valence-electron chi connectivity index (χ1n) is 9.11. The van der Waals surface area contributed by atoms with Gasteiger partial charge in [-0.25, -0.2) is 0 Å². The number of benzene rings is 2. The minimum absolute atomic E-state index is 0.477. The number of aromatic nitrogens is 1. The number of nitrogens with zero attached hydrogens (tertiary/aromatic N) is 1. The van der Waals surface area contributed by atoms with E-state index in [0.29, 0.717) is 12.5 Å². The molecular formula is C22H27NO2. The summed E-state index contributed by atoms with van der Waals surface area (Å²) in [5.41, 5.74) is 4.81. The highest BCUT2D eigenvalue weighted by atomic mass is 16.6. The zero-order valence-corrected chi connectivity index (χ0v) is 15.3. The van der Waals surface area contributed by atoms with Crippen LogP contribution in [0.5, 0.6) is 0 Å². The fourth-order valence-electron chi connectivity index (χ4n) is 3.20. The Morgan fingerprint density at radius 1 is 1.08 bits per heavy atom. The highest BCUT2D eigenvalue weighted by Crippen LogP contribution is 2.32. The molecule has 2 aromatic carbocycles. The van der Waals surface area contributed by atoms with E-state index in [-0.39, 0.29) is 0 Å². The van der Waals surface area contributed by atoms with Gasteiger partial charge in [-0.1, -0.05) is 57.5 Å². The summed E-state index contributed by atoms with van der Waals surface area (Å²) in [7, 11) is 0. The maximum Gasteiger partial charge on any atom is 0.241 e. The van der Waals surface area contributed by atoms with Crippen LogP contribution in [0.2, 0.25) is 0 Å². The summed E-state index contributed by atoms with van der Waals surface area (Å²) in [5.74, 6) is 0.477. The van der Waals surface area contributed by atoms with Crippen molar-refractivity contribution in [2.75, 3.05) is 6.61 Å². The number of unbranched alkanes of at least 4 members (excludes halogenated alkanes) is 1. The van der Waals surface area contributed by atoms with Crippen LogP contribution in [-0.4, -0.2) is 16.3 Å². The molecule has 3 aromatic rings. The van der Waals surface area contributed by atoms with Gasteiger partial charge in [0, 0.05) is 11.6 Å². The molecule has 0 aliphatic rings. The van der Waals surface area contributed by atoms with E-state index in [1.54, 1.807) is 4.57 Å². The summed E-state index contributed by atoms with van der Waals surface area (Å²) in [6.07, 6.45) is 2.96. The number of rotatable bonds is 7. The molecule has 1 heterocycles. The lowest BCUT2D eigenvalue weighted by molar-refractivity contribution is -0.150. The van der Waals surface area contributed by atoms with E-state index in [1.807, 2.05) is 12.3 Å². The third kappa shape index (κ3) is 3.78. The van der Waals surface area contributed by atoms with Crippen LogP contribution in [-0.2, 0) is 4.74 Å². The summed E-state index contributed by atoms with van der Waals surface area (Å²) in [5, 5.41) is 11.4. The van der Waals surface area contributed by atoms with E-state index in [0.717, 1.165) is 23.7 Å². The van der Waals surface area contributed by atoms with E-state index in [9.17, 15) is 5.11 Å². The van der Waals surface area contributed by atoms with Crippen molar-refractivity contribution < 1.29 is 9.84 Å². The molecule has 3 rings (SSSR count). The maximum atomic E-state index is 10.3. The largest absolute Gasteiger partial charge is 0.351 e. The van der Waals surface area contributed by atoms with Gasteiger partial charge in [0.05, 0.1) is 12.1 Å². The predicted molar refractivity (Wildman–Crippen MR) is 104 cm³/mol. The minimum atomic E-state index is -0.933. The van der Waals surface area contributed by atoms with Crippen LogP contribution in [0.1, 0.15) is 51.5 Å². The van der Waals surface area contributed by atoms with Crippen LogP contribution in [0.15, 0.2) is 54.7 Å². The van der Waals surface area contributed by atoms with Crippen LogP contribution in [0.4, 0.5) is 0 Å². The average molecular weight is 337 g/mol.